The van der Waals surface area contributed by atoms with Crippen molar-refractivity contribution in [2.24, 2.45) is 11.7 Å². The number of hydrogen-bond acceptors (Lipinski definition) is 6. The normalized spacial score (nSPS) is 13.6. The fourth-order valence-corrected chi connectivity index (χ4v) is 5.69. The van der Waals surface area contributed by atoms with E-state index in [1.165, 1.54) is 5.56 Å². The number of carbonyl (C=O) groups excluding carboxylic acids is 1. The standard InChI is InChI=1S/C32H38Cl3N3O4/c1-21-14-28(34)31(29(35)15-21)42-13-12-41-30-10-6-23(19-37-30)17-24(18-36)32(39)38(26-7-8-26)20-25-16-22(4-3-11-40-2)5-9-27(25)33/h5-6,9-10,14-16,19,24,26H,3-4,7-8,11-13,17-18,20,36H2,1-2H3/t24-/m1/s1. The molecule has 0 saturated heterocycles. The molecule has 1 fully saturated rings. The molecule has 0 unspecified atom stereocenters. The van der Waals surface area contributed by atoms with Gasteiger partial charge in [0.05, 0.1) is 16.0 Å². The lowest BCUT2D eigenvalue weighted by Gasteiger charge is -2.28. The molecule has 0 aliphatic heterocycles. The van der Waals surface area contributed by atoms with Crippen molar-refractivity contribution in [1.82, 2.24) is 9.88 Å². The van der Waals surface area contributed by atoms with Crippen molar-refractivity contribution in [3.8, 4) is 11.6 Å². The number of aromatic nitrogens is 1. The van der Waals surface area contributed by atoms with E-state index in [9.17, 15) is 4.79 Å². The lowest BCUT2D eigenvalue weighted by atomic mass is 9.98. The molecule has 0 spiro atoms. The predicted octanol–water partition coefficient (Wildman–Crippen LogP) is 6.70. The summed E-state index contributed by atoms with van der Waals surface area (Å²) in [7, 11) is 1.70. The molecule has 1 aliphatic rings. The molecule has 0 bridgehead atoms. The topological polar surface area (TPSA) is 86.9 Å². The van der Waals surface area contributed by atoms with E-state index in [0.29, 0.717) is 46.3 Å². The van der Waals surface area contributed by atoms with E-state index < -0.39 is 0 Å². The Bertz CT molecular complexity index is 1310. The van der Waals surface area contributed by atoms with Gasteiger partial charge in [0.15, 0.2) is 5.75 Å². The van der Waals surface area contributed by atoms with Gasteiger partial charge in [0.2, 0.25) is 11.8 Å². The highest BCUT2D eigenvalue weighted by molar-refractivity contribution is 6.37. The molecule has 10 heteroatoms. The van der Waals surface area contributed by atoms with Gasteiger partial charge in [-0.1, -0.05) is 53.0 Å². The second-order valence-corrected chi connectivity index (χ2v) is 11.8. The Hall–Kier alpha value is -2.55. The van der Waals surface area contributed by atoms with Gasteiger partial charge in [0.25, 0.3) is 0 Å². The van der Waals surface area contributed by atoms with Crippen LogP contribution in [0.15, 0.2) is 48.7 Å². The monoisotopic (exact) mass is 633 g/mol. The van der Waals surface area contributed by atoms with Crippen LogP contribution in [0, 0.1) is 12.8 Å². The Balaban J connectivity index is 1.32. The molecule has 1 saturated carbocycles. The van der Waals surface area contributed by atoms with Gasteiger partial charge < -0.3 is 24.8 Å². The number of nitrogens with two attached hydrogens (primary N) is 1. The lowest BCUT2D eigenvalue weighted by molar-refractivity contribution is -0.136. The largest absolute Gasteiger partial charge is 0.487 e. The number of pyridine rings is 1. The van der Waals surface area contributed by atoms with Crippen LogP contribution in [0.5, 0.6) is 11.6 Å². The minimum atomic E-state index is -0.361. The van der Waals surface area contributed by atoms with Gasteiger partial charge in [-0.15, -0.1) is 0 Å². The molecular weight excluding hydrogens is 597 g/mol. The van der Waals surface area contributed by atoms with E-state index >= 15 is 0 Å². The van der Waals surface area contributed by atoms with Gasteiger partial charge in [-0.2, -0.15) is 0 Å². The zero-order valence-corrected chi connectivity index (χ0v) is 26.4. The summed E-state index contributed by atoms with van der Waals surface area (Å²) in [6.45, 7) is 3.86. The first-order chi connectivity index (χ1) is 20.3. The summed E-state index contributed by atoms with van der Waals surface area (Å²) in [4.78, 5) is 20.1. The lowest BCUT2D eigenvalue weighted by Crippen LogP contribution is -2.41. The predicted molar refractivity (Wildman–Crippen MR) is 168 cm³/mol. The Morgan fingerprint density at radius 1 is 1.00 bits per heavy atom. The van der Waals surface area contributed by atoms with Crippen LogP contribution in [0.4, 0.5) is 0 Å². The highest BCUT2D eigenvalue weighted by Gasteiger charge is 2.36. The van der Waals surface area contributed by atoms with Gasteiger partial charge in [0, 0.05) is 50.1 Å². The Kier molecular flexibility index (Phi) is 12.2. The van der Waals surface area contributed by atoms with Crippen molar-refractivity contribution in [2.45, 2.75) is 51.6 Å². The quantitative estimate of drug-likeness (QED) is 0.177. The van der Waals surface area contributed by atoms with E-state index in [2.05, 4.69) is 11.1 Å². The van der Waals surface area contributed by atoms with Crippen molar-refractivity contribution < 1.29 is 19.0 Å². The van der Waals surface area contributed by atoms with Crippen LogP contribution < -0.4 is 15.2 Å². The average Bonchev–Trinajstić information content (AvgIpc) is 3.81. The number of hydrogen-bond donors (Lipinski definition) is 1. The molecule has 1 amide bonds. The number of amides is 1. The SMILES string of the molecule is COCCCc1ccc(Cl)c(CN(C(=O)[C@@H](CN)Cc2ccc(OCCOc3c(Cl)cc(C)cc3Cl)nc2)C2CC2)c1. The van der Waals surface area contributed by atoms with Crippen LogP contribution in [0.25, 0.3) is 0 Å². The fraction of sp³-hybridized carbons (Fsp3) is 0.438. The first kappa shape index (κ1) is 32.4. The van der Waals surface area contributed by atoms with Gasteiger partial charge in [-0.25, -0.2) is 4.98 Å². The minimum Gasteiger partial charge on any atom is -0.487 e. The molecule has 3 aromatic rings. The molecule has 2 N–H and O–H groups in total. The number of aryl methyl sites for hydroxylation is 2. The Labute approximate surface area is 263 Å². The molecule has 2 aromatic carbocycles. The zero-order chi connectivity index (χ0) is 30.1. The third-order valence-corrected chi connectivity index (χ3v) is 8.10. The van der Waals surface area contributed by atoms with Gasteiger partial charge in [-0.3, -0.25) is 4.79 Å². The van der Waals surface area contributed by atoms with Crippen molar-refractivity contribution >= 4 is 40.7 Å². The number of rotatable bonds is 16. The maximum absolute atomic E-state index is 13.7. The number of methoxy groups -OCH3 is 1. The summed E-state index contributed by atoms with van der Waals surface area (Å²) in [5, 5.41) is 1.59. The van der Waals surface area contributed by atoms with Gasteiger partial charge in [-0.05, 0) is 79.5 Å². The highest BCUT2D eigenvalue weighted by atomic mass is 35.5. The molecule has 7 nitrogen and oxygen atoms in total. The third-order valence-electron chi connectivity index (χ3n) is 7.17. The van der Waals surface area contributed by atoms with Crippen LogP contribution >= 0.6 is 34.8 Å². The highest BCUT2D eigenvalue weighted by Crippen LogP contribution is 2.34. The number of halogens is 3. The van der Waals surface area contributed by atoms with E-state index in [1.54, 1.807) is 31.5 Å². The third kappa shape index (κ3) is 9.22. The van der Waals surface area contributed by atoms with Crippen molar-refractivity contribution in [3.63, 3.8) is 0 Å². The number of benzene rings is 2. The smallest absolute Gasteiger partial charge is 0.227 e. The molecular formula is C32H38Cl3N3O4. The van der Waals surface area contributed by atoms with Crippen molar-refractivity contribution in [1.29, 1.82) is 0 Å². The summed E-state index contributed by atoms with van der Waals surface area (Å²) in [5.41, 5.74) is 10.1. The number of nitrogens with zero attached hydrogens (tertiary/aromatic N) is 2. The maximum atomic E-state index is 13.7. The molecule has 42 heavy (non-hydrogen) atoms. The molecule has 1 aromatic heterocycles. The molecule has 1 heterocycles. The van der Waals surface area contributed by atoms with Crippen molar-refractivity contribution in [3.05, 3.63) is 86.0 Å². The van der Waals surface area contributed by atoms with E-state index in [4.69, 9.17) is 54.7 Å². The van der Waals surface area contributed by atoms with Crippen LogP contribution in [0.3, 0.4) is 0 Å². The van der Waals surface area contributed by atoms with Gasteiger partial charge in [0.1, 0.15) is 13.2 Å². The Morgan fingerprint density at radius 2 is 1.71 bits per heavy atom. The summed E-state index contributed by atoms with van der Waals surface area (Å²) < 4.78 is 16.6. The first-order valence-electron chi connectivity index (χ1n) is 14.2. The van der Waals surface area contributed by atoms with E-state index in [1.807, 2.05) is 30.0 Å². The first-order valence-corrected chi connectivity index (χ1v) is 15.3. The fourth-order valence-electron chi connectivity index (χ4n) is 4.80. The van der Waals surface area contributed by atoms with Crippen LogP contribution in [-0.2, 0) is 28.9 Å². The second-order valence-electron chi connectivity index (χ2n) is 10.6. The molecule has 1 aliphatic carbocycles. The summed E-state index contributed by atoms with van der Waals surface area (Å²) in [5.74, 6) is 0.580. The molecule has 4 rings (SSSR count). The van der Waals surface area contributed by atoms with Crippen LogP contribution in [0.1, 0.15) is 41.5 Å². The summed E-state index contributed by atoms with van der Waals surface area (Å²) in [6, 6.07) is 13.6. The second kappa shape index (κ2) is 15.8. The molecule has 1 atom stereocenters. The van der Waals surface area contributed by atoms with E-state index in [-0.39, 0.29) is 37.6 Å². The van der Waals surface area contributed by atoms with Crippen LogP contribution in [-0.4, -0.2) is 55.3 Å². The zero-order valence-electron chi connectivity index (χ0n) is 24.1. The summed E-state index contributed by atoms with van der Waals surface area (Å²) in [6.07, 6.45) is 6.03. The van der Waals surface area contributed by atoms with Crippen molar-refractivity contribution in [2.75, 3.05) is 33.5 Å². The van der Waals surface area contributed by atoms with E-state index in [0.717, 1.165) is 42.4 Å². The van der Waals surface area contributed by atoms with Gasteiger partial charge >= 0.3 is 0 Å². The molecule has 0 radical (unpaired) electrons. The number of carbonyl (C=O) groups is 1. The minimum absolute atomic E-state index is 0.0479. The van der Waals surface area contributed by atoms with Crippen LogP contribution in [0.2, 0.25) is 15.1 Å². The number of ether oxygens (including phenoxy) is 3. The molecule has 226 valence electrons. The maximum Gasteiger partial charge on any atom is 0.227 e. The summed E-state index contributed by atoms with van der Waals surface area (Å²) >= 11 is 19.0. The average molecular weight is 635 g/mol. The Morgan fingerprint density at radius 3 is 2.36 bits per heavy atom.